The molecule has 4 N–H and O–H groups in total. The summed E-state index contributed by atoms with van der Waals surface area (Å²) >= 11 is 3.32. The van der Waals surface area contributed by atoms with Crippen molar-refractivity contribution in [3.05, 3.63) is 70.2 Å². The van der Waals surface area contributed by atoms with Gasteiger partial charge in [0.2, 0.25) is 10.0 Å². The van der Waals surface area contributed by atoms with Crippen LogP contribution in [0.4, 0.5) is 11.4 Å². The summed E-state index contributed by atoms with van der Waals surface area (Å²) < 4.78 is 63.2. The monoisotopic (exact) mass is 583 g/mol. The van der Waals surface area contributed by atoms with Crippen molar-refractivity contribution < 1.29 is 31.1 Å². The minimum atomic E-state index is -4.13. The third-order valence-electron chi connectivity index (χ3n) is 4.82. The number of hydrogen-bond acceptors (Lipinski definition) is 7. The number of halogens is 1. The molecule has 0 fully saturated rings. The van der Waals surface area contributed by atoms with Crippen LogP contribution in [0.1, 0.15) is 15.9 Å². The second-order valence-electron chi connectivity index (χ2n) is 7.32. The van der Waals surface area contributed by atoms with Crippen LogP contribution in [-0.4, -0.2) is 37.0 Å². The number of methoxy groups -OCH3 is 2. The van der Waals surface area contributed by atoms with Gasteiger partial charge in [-0.1, -0.05) is 6.07 Å². The first kappa shape index (κ1) is 26.5. The molecule has 0 saturated heterocycles. The highest BCUT2D eigenvalue weighted by atomic mass is 79.9. The van der Waals surface area contributed by atoms with Gasteiger partial charge < -0.3 is 14.8 Å². The quantitative estimate of drug-likeness (QED) is 0.366. The number of carbonyl (C=O) groups is 1. The molecule has 0 saturated carbocycles. The Morgan fingerprint density at radius 2 is 1.57 bits per heavy atom. The van der Waals surface area contributed by atoms with Gasteiger partial charge in [-0.3, -0.25) is 9.52 Å². The highest BCUT2D eigenvalue weighted by Gasteiger charge is 2.23. The number of primary sulfonamides is 1. The summed E-state index contributed by atoms with van der Waals surface area (Å²) in [6.07, 6.45) is 0. The van der Waals surface area contributed by atoms with Crippen LogP contribution in [-0.2, 0) is 20.0 Å². The number of hydrogen-bond donors (Lipinski definition) is 3. The maximum absolute atomic E-state index is 13.2. The van der Waals surface area contributed by atoms with Crippen LogP contribution in [0.25, 0.3) is 0 Å². The Morgan fingerprint density at radius 3 is 2.20 bits per heavy atom. The molecule has 10 nitrogen and oxygen atoms in total. The number of amides is 1. The number of nitrogens with two attached hydrogens (primary N) is 1. The van der Waals surface area contributed by atoms with E-state index in [-0.39, 0.29) is 32.5 Å². The van der Waals surface area contributed by atoms with E-state index in [0.717, 1.165) is 11.6 Å². The van der Waals surface area contributed by atoms with Crippen molar-refractivity contribution in [2.24, 2.45) is 5.14 Å². The van der Waals surface area contributed by atoms with Gasteiger partial charge in [0.15, 0.2) is 0 Å². The number of carbonyl (C=O) groups excluding carboxylic acids is 1. The van der Waals surface area contributed by atoms with Crippen molar-refractivity contribution >= 4 is 53.3 Å². The first-order valence-corrected chi connectivity index (χ1v) is 13.7. The summed E-state index contributed by atoms with van der Waals surface area (Å²) in [6.45, 7) is 1.82. The topological polar surface area (TPSA) is 154 Å². The molecule has 3 aromatic carbocycles. The fourth-order valence-electron chi connectivity index (χ4n) is 3.12. The largest absolute Gasteiger partial charge is 0.496 e. The molecular weight excluding hydrogens is 562 g/mol. The number of nitrogens with one attached hydrogen (secondary N) is 2. The van der Waals surface area contributed by atoms with Gasteiger partial charge in [-0.05, 0) is 76.9 Å². The van der Waals surface area contributed by atoms with E-state index >= 15 is 0 Å². The van der Waals surface area contributed by atoms with Crippen molar-refractivity contribution in [2.45, 2.75) is 16.7 Å². The Bertz CT molecular complexity index is 1510. The molecule has 0 aliphatic rings. The molecule has 0 radical (unpaired) electrons. The van der Waals surface area contributed by atoms with Gasteiger partial charge in [-0.2, -0.15) is 0 Å². The number of rotatable bonds is 8. The molecule has 0 aromatic heterocycles. The van der Waals surface area contributed by atoms with Crippen molar-refractivity contribution in [2.75, 3.05) is 24.3 Å². The normalized spacial score (nSPS) is 11.6. The SMILES string of the molecule is COc1ccc(S(N)(=O)=O)cc1C(=O)Nc1ccc(OC)c(S(=O)(=O)Nc2cc(C)ccc2Br)c1. The average molecular weight is 584 g/mol. The fraction of sp³-hybridized carbons (Fsp3) is 0.136. The molecule has 3 rings (SSSR count). The summed E-state index contributed by atoms with van der Waals surface area (Å²) in [5, 5.41) is 7.71. The summed E-state index contributed by atoms with van der Waals surface area (Å²) in [7, 11) is -5.57. The third-order valence-corrected chi connectivity index (χ3v) is 7.81. The van der Waals surface area contributed by atoms with E-state index in [1.807, 2.05) is 13.0 Å². The van der Waals surface area contributed by atoms with E-state index in [0.29, 0.717) is 10.2 Å². The number of anilines is 2. The highest BCUT2D eigenvalue weighted by Crippen LogP contribution is 2.32. The second-order valence-corrected chi connectivity index (χ2v) is 11.4. The molecule has 1 amide bonds. The molecule has 0 bridgehead atoms. The Labute approximate surface area is 211 Å². The van der Waals surface area contributed by atoms with Gasteiger partial charge >= 0.3 is 0 Å². The average Bonchev–Trinajstić information content (AvgIpc) is 2.80. The number of sulfonamides is 2. The first-order valence-electron chi connectivity index (χ1n) is 9.85. The lowest BCUT2D eigenvalue weighted by molar-refractivity contribution is 0.102. The fourth-order valence-corrected chi connectivity index (χ4v) is 5.40. The zero-order valence-corrected chi connectivity index (χ0v) is 22.0. The van der Waals surface area contributed by atoms with Crippen molar-refractivity contribution in [1.29, 1.82) is 0 Å². The molecule has 0 spiro atoms. The Kier molecular flexibility index (Phi) is 7.74. The van der Waals surface area contributed by atoms with Crippen LogP contribution in [0.5, 0.6) is 11.5 Å². The molecule has 35 heavy (non-hydrogen) atoms. The number of aryl methyl sites for hydroxylation is 1. The first-order chi connectivity index (χ1) is 16.4. The van der Waals surface area contributed by atoms with Gasteiger partial charge in [0.25, 0.3) is 15.9 Å². The third kappa shape index (κ3) is 6.11. The lowest BCUT2D eigenvalue weighted by atomic mass is 10.2. The molecule has 0 heterocycles. The molecule has 0 aliphatic heterocycles. The van der Waals surface area contributed by atoms with Gasteiger partial charge in [0, 0.05) is 10.2 Å². The van der Waals surface area contributed by atoms with Crippen molar-refractivity contribution in [3.8, 4) is 11.5 Å². The molecule has 0 aliphatic carbocycles. The Morgan fingerprint density at radius 1 is 0.914 bits per heavy atom. The zero-order valence-electron chi connectivity index (χ0n) is 18.8. The van der Waals surface area contributed by atoms with Crippen LogP contribution in [0.2, 0.25) is 0 Å². The predicted molar refractivity (Wildman–Crippen MR) is 135 cm³/mol. The molecular formula is C22H22BrN3O7S2. The van der Waals surface area contributed by atoms with Gasteiger partial charge in [0.05, 0.1) is 30.4 Å². The number of ether oxygens (including phenoxy) is 2. The standard InChI is InChI=1S/C22H22BrN3O7S2/c1-13-4-7-17(23)18(10-13)26-35(30,31)21-11-14(5-8-20(21)33-3)25-22(27)16-12-15(34(24,28)29)6-9-19(16)32-2/h4-12,26H,1-3H3,(H,25,27)(H2,24,28,29). The summed E-state index contributed by atoms with van der Waals surface area (Å²) in [5.74, 6) is -0.592. The smallest absolute Gasteiger partial charge is 0.265 e. The van der Waals surface area contributed by atoms with Crippen molar-refractivity contribution in [1.82, 2.24) is 0 Å². The van der Waals surface area contributed by atoms with Gasteiger partial charge in [-0.15, -0.1) is 0 Å². The summed E-state index contributed by atoms with van der Waals surface area (Å²) in [5.41, 5.74) is 1.17. The zero-order chi connectivity index (χ0) is 26.0. The van der Waals surface area contributed by atoms with Crippen molar-refractivity contribution in [3.63, 3.8) is 0 Å². The van der Waals surface area contributed by atoms with Crippen LogP contribution in [0.15, 0.2) is 68.9 Å². The number of benzene rings is 3. The molecule has 3 aromatic rings. The van der Waals surface area contributed by atoms with E-state index in [4.69, 9.17) is 14.6 Å². The maximum Gasteiger partial charge on any atom is 0.265 e. The van der Waals surface area contributed by atoms with Crippen LogP contribution >= 0.6 is 15.9 Å². The van der Waals surface area contributed by atoms with E-state index in [9.17, 15) is 21.6 Å². The van der Waals surface area contributed by atoms with Gasteiger partial charge in [0.1, 0.15) is 16.4 Å². The molecule has 13 heteroatoms. The highest BCUT2D eigenvalue weighted by molar-refractivity contribution is 9.10. The van der Waals surface area contributed by atoms with E-state index in [1.54, 1.807) is 12.1 Å². The van der Waals surface area contributed by atoms with E-state index in [2.05, 4.69) is 26.0 Å². The van der Waals surface area contributed by atoms with E-state index in [1.165, 1.54) is 44.6 Å². The van der Waals surface area contributed by atoms with Crippen LogP contribution < -0.4 is 24.7 Å². The summed E-state index contributed by atoms with van der Waals surface area (Å²) in [6, 6.07) is 12.8. The molecule has 0 unspecified atom stereocenters. The molecule has 186 valence electrons. The minimum Gasteiger partial charge on any atom is -0.496 e. The van der Waals surface area contributed by atoms with E-state index < -0.39 is 26.0 Å². The molecule has 0 atom stereocenters. The van der Waals surface area contributed by atoms with Crippen LogP contribution in [0, 0.1) is 6.92 Å². The Hall–Kier alpha value is -3.13. The lowest BCUT2D eigenvalue weighted by Crippen LogP contribution is -2.18. The van der Waals surface area contributed by atoms with Gasteiger partial charge in [-0.25, -0.2) is 22.0 Å². The lowest BCUT2D eigenvalue weighted by Gasteiger charge is -2.15. The van der Waals surface area contributed by atoms with Crippen LogP contribution in [0.3, 0.4) is 0 Å². The second kappa shape index (κ2) is 10.2. The maximum atomic E-state index is 13.2. The summed E-state index contributed by atoms with van der Waals surface area (Å²) in [4.78, 5) is 12.4. The predicted octanol–water partition coefficient (Wildman–Crippen LogP) is 3.48. The minimum absolute atomic E-state index is 0.0491. The Balaban J connectivity index is 1.99.